The molecule has 0 aliphatic carbocycles. The Morgan fingerprint density at radius 2 is 1.58 bits per heavy atom. The number of amides is 2. The van der Waals surface area contributed by atoms with Crippen molar-refractivity contribution >= 4 is 29.5 Å². The fourth-order valence-corrected chi connectivity index (χ4v) is 1.61. The van der Waals surface area contributed by atoms with Gasteiger partial charge in [-0.05, 0) is 41.5 Å². The van der Waals surface area contributed by atoms with Gasteiger partial charge in [0.25, 0.3) is 5.88 Å². The molecule has 24 heavy (non-hydrogen) atoms. The number of anilines is 1. The first kappa shape index (κ1) is 15.4. The molecule has 1 rings (SSSR count). The Morgan fingerprint density at radius 3 is 2.00 bits per heavy atom. The van der Waals surface area contributed by atoms with Crippen LogP contribution in [0.4, 0.5) is 15.3 Å². The van der Waals surface area contributed by atoms with Crippen LogP contribution in [0.2, 0.25) is 5.15 Å². The minimum absolute atomic E-state index is 0.208. The monoisotopic (exact) mass is 362 g/mol. The van der Waals surface area contributed by atoms with E-state index < -0.39 is 36.3 Å². The van der Waals surface area contributed by atoms with E-state index in [-0.39, 0.29) is 10.8 Å². The summed E-state index contributed by atoms with van der Waals surface area (Å²) >= 11 is 5.81. The molecule has 8 nitrogen and oxygen atoms in total. The molecule has 1 aromatic rings. The first-order valence-corrected chi connectivity index (χ1v) is 7.35. The fourth-order valence-electron chi connectivity index (χ4n) is 1.47. The van der Waals surface area contributed by atoms with Gasteiger partial charge in [0, 0.05) is 6.07 Å². The molecule has 0 unspecified atom stereocenters. The van der Waals surface area contributed by atoms with Gasteiger partial charge in [-0.15, -0.1) is 10.2 Å². The first-order valence-electron chi connectivity index (χ1n) is 8.47. The molecule has 1 aromatic heterocycles. The zero-order valence-corrected chi connectivity index (χ0v) is 15.1. The van der Waals surface area contributed by atoms with Crippen molar-refractivity contribution in [3.8, 4) is 5.88 Å². The molecule has 1 heterocycles. The summed E-state index contributed by atoms with van der Waals surface area (Å²) in [6, 6.07) is 1.05. The molecule has 0 N–H and O–H groups in total. The molecule has 0 saturated carbocycles. The number of ether oxygens (including phenoxy) is 3. The summed E-state index contributed by atoms with van der Waals surface area (Å²) < 4.78 is 36.8. The molecule has 0 atom stereocenters. The number of hydrogen-bond donors (Lipinski definition) is 0. The van der Waals surface area contributed by atoms with Gasteiger partial charge in [-0.25, -0.2) is 9.59 Å². The van der Waals surface area contributed by atoms with Crippen LogP contribution < -0.4 is 9.64 Å². The number of halogens is 1. The predicted molar refractivity (Wildman–Crippen MR) is 88.5 cm³/mol. The minimum Gasteiger partial charge on any atom is -0.478 e. The average Bonchev–Trinajstić information content (AvgIpc) is 2.36. The molecule has 2 amide bonds. The van der Waals surface area contributed by atoms with E-state index >= 15 is 0 Å². The Bertz CT molecular complexity index is 686. The number of aromatic nitrogens is 2. The van der Waals surface area contributed by atoms with Crippen molar-refractivity contribution in [3.63, 3.8) is 0 Å². The zero-order chi connectivity index (χ0) is 21.2. The highest BCUT2D eigenvalue weighted by Gasteiger charge is 2.35. The van der Waals surface area contributed by atoms with Gasteiger partial charge >= 0.3 is 12.2 Å². The maximum absolute atomic E-state index is 12.6. The van der Waals surface area contributed by atoms with E-state index in [1.54, 1.807) is 41.5 Å². The summed E-state index contributed by atoms with van der Waals surface area (Å²) in [6.45, 7) is 9.56. The standard InChI is InChI=1S/C15H22ClN3O5/c1-14(2,3)23-12(20)19(13(21)24-15(4,5)6)9-8-10(16)17-18-11(9)22-7/h8H,1-7H3/i7D3. The highest BCUT2D eigenvalue weighted by atomic mass is 35.5. The molecule has 0 aliphatic heterocycles. The molecular weight excluding hydrogens is 338 g/mol. The van der Waals surface area contributed by atoms with Crippen molar-refractivity contribution < 1.29 is 27.9 Å². The van der Waals surface area contributed by atoms with E-state index in [0.29, 0.717) is 4.90 Å². The smallest absolute Gasteiger partial charge is 0.424 e. The highest BCUT2D eigenvalue weighted by molar-refractivity contribution is 6.29. The van der Waals surface area contributed by atoms with E-state index in [9.17, 15) is 9.59 Å². The lowest BCUT2D eigenvalue weighted by Crippen LogP contribution is -2.44. The van der Waals surface area contributed by atoms with Gasteiger partial charge in [-0.2, -0.15) is 4.90 Å². The lowest BCUT2D eigenvalue weighted by atomic mass is 10.2. The molecule has 134 valence electrons. The Kier molecular flexibility index (Phi) is 4.64. The van der Waals surface area contributed by atoms with Gasteiger partial charge in [0.2, 0.25) is 0 Å². The first-order chi connectivity index (χ1) is 12.0. The topological polar surface area (TPSA) is 90.9 Å². The van der Waals surface area contributed by atoms with Gasteiger partial charge in [0.1, 0.15) is 16.9 Å². The Balaban J connectivity index is 3.48. The largest absolute Gasteiger partial charge is 0.478 e. The molecule has 0 aliphatic rings. The summed E-state index contributed by atoms with van der Waals surface area (Å²) in [4.78, 5) is 25.7. The van der Waals surface area contributed by atoms with E-state index in [1.165, 1.54) is 0 Å². The number of imide groups is 1. The van der Waals surface area contributed by atoms with Gasteiger partial charge in [0.05, 0.1) is 11.2 Å². The normalized spacial score (nSPS) is 14.0. The van der Waals surface area contributed by atoms with Crippen LogP contribution in [-0.2, 0) is 9.47 Å². The van der Waals surface area contributed by atoms with E-state index in [0.717, 1.165) is 6.07 Å². The fraction of sp³-hybridized carbons (Fsp3) is 0.600. The van der Waals surface area contributed by atoms with Gasteiger partial charge in [-0.1, -0.05) is 11.6 Å². The van der Waals surface area contributed by atoms with Crippen LogP contribution in [0.3, 0.4) is 0 Å². The molecule has 0 saturated heterocycles. The van der Waals surface area contributed by atoms with Crippen LogP contribution in [0.15, 0.2) is 6.07 Å². The van der Waals surface area contributed by atoms with Crippen molar-refractivity contribution in [2.75, 3.05) is 11.9 Å². The van der Waals surface area contributed by atoms with Crippen LogP contribution in [0.5, 0.6) is 5.88 Å². The van der Waals surface area contributed by atoms with E-state index in [1.807, 2.05) is 0 Å². The molecular formula is C15H22ClN3O5. The van der Waals surface area contributed by atoms with Crippen LogP contribution in [0, 0.1) is 0 Å². The summed E-state index contributed by atoms with van der Waals surface area (Å²) in [5, 5.41) is 6.80. The van der Waals surface area contributed by atoms with Crippen LogP contribution in [0.25, 0.3) is 0 Å². The third kappa shape index (κ3) is 5.84. The maximum Gasteiger partial charge on any atom is 0.424 e. The molecule has 0 bridgehead atoms. The third-order valence-electron chi connectivity index (χ3n) is 2.20. The van der Waals surface area contributed by atoms with Gasteiger partial charge in [-0.3, -0.25) is 0 Å². The lowest BCUT2D eigenvalue weighted by Gasteiger charge is -2.28. The van der Waals surface area contributed by atoms with Gasteiger partial charge < -0.3 is 14.2 Å². The SMILES string of the molecule is [2H]C([2H])([2H])Oc1nnc(Cl)cc1N(C(=O)OC(C)(C)C)C(=O)OC(C)(C)C. The highest BCUT2D eigenvalue weighted by Crippen LogP contribution is 2.30. The number of hydrogen-bond acceptors (Lipinski definition) is 7. The number of nitrogens with zero attached hydrogens (tertiary/aromatic N) is 3. The number of methoxy groups -OCH3 is 1. The zero-order valence-electron chi connectivity index (χ0n) is 17.3. The molecule has 0 spiro atoms. The number of rotatable bonds is 2. The maximum atomic E-state index is 12.6. The van der Waals surface area contributed by atoms with Crippen LogP contribution in [-0.4, -0.2) is 40.6 Å². The number of carbonyl (C=O) groups is 2. The predicted octanol–water partition coefficient (Wildman–Crippen LogP) is 3.82. The molecule has 0 radical (unpaired) electrons. The summed E-state index contributed by atoms with van der Waals surface area (Å²) in [5.41, 5.74) is -2.28. The Hall–Kier alpha value is -2.09. The molecule has 0 aromatic carbocycles. The summed E-state index contributed by atoms with van der Waals surface area (Å²) in [7, 11) is -2.91. The molecule has 9 heteroatoms. The Labute approximate surface area is 150 Å². The summed E-state index contributed by atoms with van der Waals surface area (Å²) in [6.07, 6.45) is -2.26. The number of carbonyl (C=O) groups excluding carboxylic acids is 2. The van der Waals surface area contributed by atoms with Crippen LogP contribution in [0.1, 0.15) is 45.7 Å². The van der Waals surface area contributed by atoms with Crippen molar-refractivity contribution in [2.24, 2.45) is 0 Å². The van der Waals surface area contributed by atoms with E-state index in [4.69, 9.17) is 29.9 Å². The third-order valence-corrected chi connectivity index (χ3v) is 2.39. The van der Waals surface area contributed by atoms with Crippen molar-refractivity contribution in [2.45, 2.75) is 52.7 Å². The average molecular weight is 363 g/mol. The second-order valence-corrected chi connectivity index (χ2v) is 7.14. The lowest BCUT2D eigenvalue weighted by molar-refractivity contribution is 0.0429. The second-order valence-electron chi connectivity index (χ2n) is 6.76. The van der Waals surface area contributed by atoms with Crippen molar-refractivity contribution in [1.29, 1.82) is 0 Å². The summed E-state index contributed by atoms with van der Waals surface area (Å²) in [5.74, 6) is -0.615. The second kappa shape index (κ2) is 7.21. The van der Waals surface area contributed by atoms with Crippen molar-refractivity contribution in [3.05, 3.63) is 11.2 Å². The Morgan fingerprint density at radius 1 is 1.08 bits per heavy atom. The van der Waals surface area contributed by atoms with Crippen molar-refractivity contribution in [1.82, 2.24) is 10.2 Å². The minimum atomic E-state index is -2.91. The van der Waals surface area contributed by atoms with Gasteiger partial charge in [0.15, 0.2) is 5.15 Å². The molecule has 0 fully saturated rings. The van der Waals surface area contributed by atoms with E-state index in [2.05, 4.69) is 10.2 Å². The quantitative estimate of drug-likeness (QED) is 0.789. The van der Waals surface area contributed by atoms with Crippen LogP contribution >= 0.6 is 11.6 Å².